The van der Waals surface area contributed by atoms with Crippen molar-refractivity contribution in [2.24, 2.45) is 0 Å². The Bertz CT molecular complexity index is 678. The molecule has 0 saturated carbocycles. The van der Waals surface area contributed by atoms with Crippen LogP contribution in [0.2, 0.25) is 0 Å². The molecule has 0 saturated heterocycles. The second-order valence-corrected chi connectivity index (χ2v) is 5.07. The van der Waals surface area contributed by atoms with Gasteiger partial charge in [0.1, 0.15) is 12.1 Å². The molecule has 1 aromatic carbocycles. The molecule has 2 aromatic rings. The highest BCUT2D eigenvalue weighted by molar-refractivity contribution is 9.10. The lowest BCUT2D eigenvalue weighted by Gasteiger charge is -2.11. The third-order valence-corrected chi connectivity index (χ3v) is 3.20. The molecule has 0 spiro atoms. The molecule has 1 aromatic heterocycles. The Balaban J connectivity index is 2.39. The number of benzene rings is 1. The van der Waals surface area contributed by atoms with Crippen LogP contribution in [-0.2, 0) is 0 Å². The maximum Gasteiger partial charge on any atom is 0.312 e. The third kappa shape index (κ3) is 3.46. The zero-order valence-corrected chi connectivity index (χ0v) is 13.0. The van der Waals surface area contributed by atoms with E-state index in [-0.39, 0.29) is 17.3 Å². The van der Waals surface area contributed by atoms with Crippen LogP contribution in [0.5, 0.6) is 11.6 Å². The van der Waals surface area contributed by atoms with Crippen molar-refractivity contribution < 1.29 is 9.66 Å². The van der Waals surface area contributed by atoms with Gasteiger partial charge in [-0.25, -0.2) is 9.97 Å². The van der Waals surface area contributed by atoms with Crippen LogP contribution in [0.25, 0.3) is 0 Å². The minimum atomic E-state index is -0.498. The molecule has 0 radical (unpaired) electrons. The zero-order valence-electron chi connectivity index (χ0n) is 11.5. The number of nitro benzene ring substituents is 1. The first-order valence-electron chi connectivity index (χ1n) is 6.20. The predicted octanol–water partition coefficient (Wildman–Crippen LogP) is 3.68. The highest BCUT2D eigenvalue weighted by Gasteiger charge is 2.18. The fourth-order valence-electron chi connectivity index (χ4n) is 1.71. The molecule has 8 heteroatoms. The van der Waals surface area contributed by atoms with E-state index >= 15 is 0 Å². The number of halogens is 1. The number of aromatic nitrogens is 2. The Morgan fingerprint density at radius 3 is 2.86 bits per heavy atom. The van der Waals surface area contributed by atoms with Gasteiger partial charge in [-0.3, -0.25) is 10.1 Å². The number of nitrogens with zero attached hydrogens (tertiary/aromatic N) is 3. The Morgan fingerprint density at radius 1 is 1.43 bits per heavy atom. The van der Waals surface area contributed by atoms with E-state index in [0.29, 0.717) is 22.4 Å². The van der Waals surface area contributed by atoms with Gasteiger partial charge in [0, 0.05) is 17.1 Å². The van der Waals surface area contributed by atoms with Crippen LogP contribution in [0.15, 0.2) is 29.0 Å². The fraction of sp³-hybridized carbons (Fsp3) is 0.231. The summed E-state index contributed by atoms with van der Waals surface area (Å²) in [5.41, 5.74) is 0.559. The van der Waals surface area contributed by atoms with Gasteiger partial charge >= 0.3 is 5.69 Å². The largest absolute Gasteiger partial charge is 0.431 e. The smallest absolute Gasteiger partial charge is 0.312 e. The second-order valence-electron chi connectivity index (χ2n) is 4.15. The number of rotatable bonds is 5. The normalized spacial score (nSPS) is 10.2. The summed E-state index contributed by atoms with van der Waals surface area (Å²) in [5.74, 6) is 1.06. The third-order valence-electron chi connectivity index (χ3n) is 2.71. The molecule has 0 aliphatic carbocycles. The Hall–Kier alpha value is -2.22. The maximum atomic E-state index is 11.1. The molecule has 1 N–H and O–H groups in total. The second kappa shape index (κ2) is 6.49. The zero-order chi connectivity index (χ0) is 15.4. The topological polar surface area (TPSA) is 90.2 Å². The van der Waals surface area contributed by atoms with Crippen LogP contribution < -0.4 is 10.1 Å². The minimum absolute atomic E-state index is 0.132. The number of hydrogen-bond acceptors (Lipinski definition) is 6. The summed E-state index contributed by atoms with van der Waals surface area (Å²) in [5, 5.41) is 14.2. The first-order chi connectivity index (χ1) is 10.0. The van der Waals surface area contributed by atoms with Gasteiger partial charge in [-0.05, 0) is 26.0 Å². The number of nitrogens with one attached hydrogen (secondary N) is 1. The van der Waals surface area contributed by atoms with Gasteiger partial charge in [-0.15, -0.1) is 0 Å². The fourth-order valence-corrected chi connectivity index (χ4v) is 2.06. The number of hydrogen-bond donors (Lipinski definition) is 1. The van der Waals surface area contributed by atoms with Crippen molar-refractivity contribution in [3.63, 3.8) is 0 Å². The van der Waals surface area contributed by atoms with E-state index in [1.165, 1.54) is 18.5 Å². The van der Waals surface area contributed by atoms with E-state index in [1.54, 1.807) is 13.0 Å². The predicted molar refractivity (Wildman–Crippen MR) is 81.8 cm³/mol. The lowest BCUT2D eigenvalue weighted by Crippen LogP contribution is -2.04. The highest BCUT2D eigenvalue weighted by atomic mass is 79.9. The molecule has 0 atom stereocenters. The van der Waals surface area contributed by atoms with Gasteiger partial charge in [-0.1, -0.05) is 15.9 Å². The van der Waals surface area contributed by atoms with Crippen molar-refractivity contribution >= 4 is 27.4 Å². The van der Waals surface area contributed by atoms with Gasteiger partial charge in [0.25, 0.3) is 0 Å². The molecule has 7 nitrogen and oxygen atoms in total. The first-order valence-corrected chi connectivity index (χ1v) is 6.99. The summed E-state index contributed by atoms with van der Waals surface area (Å²) >= 11 is 3.20. The summed E-state index contributed by atoms with van der Waals surface area (Å²) in [4.78, 5) is 18.7. The number of anilines is 1. The Kier molecular flexibility index (Phi) is 4.69. The van der Waals surface area contributed by atoms with E-state index in [1.807, 2.05) is 6.92 Å². The lowest BCUT2D eigenvalue weighted by molar-refractivity contribution is -0.385. The van der Waals surface area contributed by atoms with E-state index in [2.05, 4.69) is 31.2 Å². The van der Waals surface area contributed by atoms with Crippen LogP contribution >= 0.6 is 15.9 Å². The van der Waals surface area contributed by atoms with Crippen LogP contribution in [-0.4, -0.2) is 21.4 Å². The summed E-state index contributed by atoms with van der Waals surface area (Å²) in [7, 11) is 0. The molecule has 2 rings (SSSR count). The summed E-state index contributed by atoms with van der Waals surface area (Å²) < 4.78 is 6.20. The van der Waals surface area contributed by atoms with E-state index in [9.17, 15) is 10.1 Å². The van der Waals surface area contributed by atoms with Crippen LogP contribution in [0.1, 0.15) is 12.5 Å². The van der Waals surface area contributed by atoms with Crippen molar-refractivity contribution in [2.75, 3.05) is 11.9 Å². The van der Waals surface area contributed by atoms with Gasteiger partial charge in [0.2, 0.25) is 11.6 Å². The monoisotopic (exact) mass is 352 g/mol. The number of nitro groups is 1. The number of ether oxygens (including phenoxy) is 1. The SMILES string of the molecule is CCNc1ncnc(Oc2ccc(Br)cc2[N+](=O)[O-])c1C. The van der Waals surface area contributed by atoms with Gasteiger partial charge in [0.05, 0.1) is 10.5 Å². The molecule has 110 valence electrons. The van der Waals surface area contributed by atoms with Crippen LogP contribution in [0.3, 0.4) is 0 Å². The van der Waals surface area contributed by atoms with Crippen LogP contribution in [0, 0.1) is 17.0 Å². The molecule has 21 heavy (non-hydrogen) atoms. The molecule has 0 amide bonds. The average Bonchev–Trinajstić information content (AvgIpc) is 2.45. The molecule has 0 bridgehead atoms. The molecular weight excluding hydrogens is 340 g/mol. The van der Waals surface area contributed by atoms with Gasteiger partial charge < -0.3 is 10.1 Å². The first kappa shape index (κ1) is 15.2. The van der Waals surface area contributed by atoms with Gasteiger partial charge in [0.15, 0.2) is 0 Å². The molecule has 0 aliphatic rings. The van der Waals surface area contributed by atoms with Gasteiger partial charge in [-0.2, -0.15) is 0 Å². The highest BCUT2D eigenvalue weighted by Crippen LogP contribution is 2.34. The molecule has 1 heterocycles. The average molecular weight is 353 g/mol. The minimum Gasteiger partial charge on any atom is -0.431 e. The summed E-state index contributed by atoms with van der Waals surface area (Å²) in [6, 6.07) is 4.58. The van der Waals surface area contributed by atoms with E-state index in [4.69, 9.17) is 4.74 Å². The summed E-state index contributed by atoms with van der Waals surface area (Å²) in [6.45, 7) is 4.44. The van der Waals surface area contributed by atoms with Crippen molar-refractivity contribution in [3.05, 3.63) is 44.7 Å². The standard InChI is InChI=1S/C13H13BrN4O3/c1-3-15-12-8(2)13(17-7-16-12)21-11-5-4-9(14)6-10(11)18(19)20/h4-7H,3H2,1-2H3,(H,15,16,17). The maximum absolute atomic E-state index is 11.1. The van der Waals surface area contributed by atoms with Crippen molar-refractivity contribution in [3.8, 4) is 11.6 Å². The quantitative estimate of drug-likeness (QED) is 0.651. The van der Waals surface area contributed by atoms with Crippen molar-refractivity contribution in [2.45, 2.75) is 13.8 Å². The van der Waals surface area contributed by atoms with Crippen molar-refractivity contribution in [1.82, 2.24) is 9.97 Å². The van der Waals surface area contributed by atoms with Crippen LogP contribution in [0.4, 0.5) is 11.5 Å². The Labute approximate surface area is 129 Å². The molecule has 0 fully saturated rings. The molecular formula is C13H13BrN4O3. The molecule has 0 unspecified atom stereocenters. The summed E-state index contributed by atoms with van der Waals surface area (Å²) in [6.07, 6.45) is 1.35. The Morgan fingerprint density at radius 2 is 2.19 bits per heavy atom. The van der Waals surface area contributed by atoms with Crippen molar-refractivity contribution in [1.29, 1.82) is 0 Å². The lowest BCUT2D eigenvalue weighted by atomic mass is 10.3. The van der Waals surface area contributed by atoms with E-state index < -0.39 is 4.92 Å². The van der Waals surface area contributed by atoms with E-state index in [0.717, 1.165) is 0 Å². The molecule has 0 aliphatic heterocycles.